The van der Waals surface area contributed by atoms with Gasteiger partial charge in [-0.25, -0.2) is 0 Å². The first-order valence-electron chi connectivity index (χ1n) is 7.05. The van der Waals surface area contributed by atoms with E-state index in [9.17, 15) is 5.11 Å². The molecule has 0 aromatic heterocycles. The van der Waals surface area contributed by atoms with Gasteiger partial charge in [0.1, 0.15) is 0 Å². The van der Waals surface area contributed by atoms with E-state index < -0.39 is 0 Å². The van der Waals surface area contributed by atoms with Crippen molar-refractivity contribution in [1.29, 1.82) is 0 Å². The summed E-state index contributed by atoms with van der Waals surface area (Å²) in [5.74, 6) is 0.879. The maximum absolute atomic E-state index is 10.2. The number of aromatic hydroxyl groups is 1. The second kappa shape index (κ2) is 5.41. The molecule has 1 heterocycles. The number of rotatable bonds is 3. The molecule has 0 aliphatic carbocycles. The number of ether oxygens (including phenoxy) is 1. The van der Waals surface area contributed by atoms with Gasteiger partial charge in [-0.1, -0.05) is 26.8 Å². The normalized spacial score (nSPS) is 19.7. The summed E-state index contributed by atoms with van der Waals surface area (Å²) in [5, 5.41) is 13.7. The molecule has 1 aromatic rings. The van der Waals surface area contributed by atoms with Crippen molar-refractivity contribution >= 4 is 0 Å². The van der Waals surface area contributed by atoms with Crippen molar-refractivity contribution in [2.24, 2.45) is 0 Å². The number of hydrogen-bond donors (Lipinski definition) is 2. The lowest BCUT2D eigenvalue weighted by Crippen LogP contribution is -2.24. The number of phenols is 1. The van der Waals surface area contributed by atoms with Crippen LogP contribution in [-0.2, 0) is 11.8 Å². The van der Waals surface area contributed by atoms with Crippen LogP contribution in [0.2, 0.25) is 0 Å². The Morgan fingerprint density at radius 3 is 2.63 bits per heavy atom. The Labute approximate surface area is 116 Å². The van der Waals surface area contributed by atoms with Gasteiger partial charge in [0, 0.05) is 6.04 Å². The molecule has 1 atom stereocenters. The van der Waals surface area contributed by atoms with Gasteiger partial charge in [0.25, 0.3) is 0 Å². The van der Waals surface area contributed by atoms with E-state index in [0.29, 0.717) is 11.8 Å². The Balaban J connectivity index is 2.35. The van der Waals surface area contributed by atoms with Gasteiger partial charge in [-0.15, -0.1) is 0 Å². The molecular formula is C16H25NO2. The largest absolute Gasteiger partial charge is 0.504 e. The van der Waals surface area contributed by atoms with Crippen LogP contribution in [-0.4, -0.2) is 24.8 Å². The lowest BCUT2D eigenvalue weighted by Gasteiger charge is -2.23. The molecule has 1 aromatic carbocycles. The van der Waals surface area contributed by atoms with E-state index in [4.69, 9.17) is 4.74 Å². The van der Waals surface area contributed by atoms with Gasteiger partial charge in [-0.3, -0.25) is 0 Å². The predicted molar refractivity (Wildman–Crippen MR) is 78.1 cm³/mol. The Morgan fingerprint density at radius 2 is 2.11 bits per heavy atom. The minimum atomic E-state index is 0.0294. The summed E-state index contributed by atoms with van der Waals surface area (Å²) >= 11 is 0. The number of nitrogens with one attached hydrogen (secondary N) is 1. The van der Waals surface area contributed by atoms with Gasteiger partial charge in [0.05, 0.1) is 7.11 Å². The minimum absolute atomic E-state index is 0.0294. The Hall–Kier alpha value is -1.22. The fourth-order valence-electron chi connectivity index (χ4n) is 2.69. The minimum Gasteiger partial charge on any atom is -0.504 e. The summed E-state index contributed by atoms with van der Waals surface area (Å²) in [6.45, 7) is 7.57. The highest BCUT2D eigenvalue weighted by atomic mass is 16.5. The van der Waals surface area contributed by atoms with Crippen LogP contribution in [0.3, 0.4) is 0 Å². The van der Waals surface area contributed by atoms with Gasteiger partial charge in [-0.2, -0.15) is 0 Å². The van der Waals surface area contributed by atoms with Crippen molar-refractivity contribution in [3.05, 3.63) is 23.3 Å². The van der Waals surface area contributed by atoms with Gasteiger partial charge < -0.3 is 15.2 Å². The molecule has 0 bridgehead atoms. The molecule has 0 amide bonds. The van der Waals surface area contributed by atoms with Gasteiger partial charge in [0.15, 0.2) is 11.5 Å². The van der Waals surface area contributed by atoms with E-state index in [1.807, 2.05) is 6.07 Å². The zero-order valence-electron chi connectivity index (χ0n) is 12.4. The van der Waals surface area contributed by atoms with Crippen molar-refractivity contribution in [1.82, 2.24) is 5.32 Å². The monoisotopic (exact) mass is 263 g/mol. The summed E-state index contributed by atoms with van der Waals surface area (Å²) in [5.41, 5.74) is 2.28. The standard InChI is InChI=1S/C16H25NO2/c1-16(2,3)12-8-11(9-13-6-5-7-17-13)15(19-4)14(18)10-12/h8,10,13,17-18H,5-7,9H2,1-4H3. The van der Waals surface area contributed by atoms with Crippen molar-refractivity contribution in [2.75, 3.05) is 13.7 Å². The fraction of sp³-hybridized carbons (Fsp3) is 0.625. The average Bonchev–Trinajstić information content (AvgIpc) is 2.80. The van der Waals surface area contributed by atoms with E-state index >= 15 is 0 Å². The third kappa shape index (κ3) is 3.21. The van der Waals surface area contributed by atoms with Crippen molar-refractivity contribution in [3.63, 3.8) is 0 Å². The van der Waals surface area contributed by atoms with Gasteiger partial charge in [0.2, 0.25) is 0 Å². The number of benzene rings is 1. The van der Waals surface area contributed by atoms with E-state index in [1.165, 1.54) is 12.8 Å². The molecule has 1 aliphatic heterocycles. The molecule has 0 radical (unpaired) electrons. The smallest absolute Gasteiger partial charge is 0.163 e. The molecule has 0 saturated carbocycles. The molecule has 106 valence electrons. The molecule has 1 saturated heterocycles. The second-order valence-corrected chi connectivity index (χ2v) is 6.44. The van der Waals surface area contributed by atoms with E-state index in [2.05, 4.69) is 32.2 Å². The van der Waals surface area contributed by atoms with Gasteiger partial charge >= 0.3 is 0 Å². The summed E-state index contributed by atoms with van der Waals surface area (Å²) in [7, 11) is 1.62. The van der Waals surface area contributed by atoms with Crippen LogP contribution in [0.4, 0.5) is 0 Å². The molecule has 3 heteroatoms. The number of methoxy groups -OCH3 is 1. The lowest BCUT2D eigenvalue weighted by atomic mass is 9.85. The van der Waals surface area contributed by atoms with Crippen LogP contribution in [0.15, 0.2) is 12.1 Å². The zero-order valence-corrected chi connectivity index (χ0v) is 12.4. The van der Waals surface area contributed by atoms with Crippen LogP contribution in [0, 0.1) is 0 Å². The molecule has 2 N–H and O–H groups in total. The predicted octanol–water partition coefficient (Wildman–Crippen LogP) is 2.99. The van der Waals surface area contributed by atoms with E-state index in [-0.39, 0.29) is 11.2 Å². The highest BCUT2D eigenvalue weighted by Gasteiger charge is 2.22. The zero-order chi connectivity index (χ0) is 14.0. The Morgan fingerprint density at radius 1 is 1.37 bits per heavy atom. The third-order valence-corrected chi connectivity index (χ3v) is 3.85. The van der Waals surface area contributed by atoms with Crippen molar-refractivity contribution in [3.8, 4) is 11.5 Å². The Kier molecular flexibility index (Phi) is 4.04. The molecule has 2 rings (SSSR count). The maximum atomic E-state index is 10.2. The summed E-state index contributed by atoms with van der Waals surface area (Å²) in [4.78, 5) is 0. The first-order chi connectivity index (χ1) is 8.91. The van der Waals surface area contributed by atoms with Crippen LogP contribution in [0.25, 0.3) is 0 Å². The molecule has 19 heavy (non-hydrogen) atoms. The summed E-state index contributed by atoms with van der Waals surface area (Å²) < 4.78 is 5.38. The lowest BCUT2D eigenvalue weighted by molar-refractivity contribution is 0.366. The molecular weight excluding hydrogens is 238 g/mol. The first-order valence-corrected chi connectivity index (χ1v) is 7.05. The molecule has 1 unspecified atom stereocenters. The maximum Gasteiger partial charge on any atom is 0.163 e. The fourth-order valence-corrected chi connectivity index (χ4v) is 2.69. The quantitative estimate of drug-likeness (QED) is 0.881. The molecule has 1 fully saturated rings. The number of phenolic OH excluding ortho intramolecular Hbond substituents is 1. The van der Waals surface area contributed by atoms with Crippen LogP contribution >= 0.6 is 0 Å². The highest BCUT2D eigenvalue weighted by Crippen LogP contribution is 2.37. The van der Waals surface area contributed by atoms with Crippen molar-refractivity contribution in [2.45, 2.75) is 51.5 Å². The second-order valence-electron chi connectivity index (χ2n) is 6.44. The van der Waals surface area contributed by atoms with Crippen LogP contribution in [0.5, 0.6) is 11.5 Å². The number of hydrogen-bond acceptors (Lipinski definition) is 3. The molecule has 1 aliphatic rings. The van der Waals surface area contributed by atoms with E-state index in [1.54, 1.807) is 7.11 Å². The van der Waals surface area contributed by atoms with E-state index in [0.717, 1.165) is 24.1 Å². The Bertz CT molecular complexity index is 443. The van der Waals surface area contributed by atoms with Crippen molar-refractivity contribution < 1.29 is 9.84 Å². The average molecular weight is 263 g/mol. The van der Waals surface area contributed by atoms with Crippen LogP contribution in [0.1, 0.15) is 44.7 Å². The first kappa shape index (κ1) is 14.2. The summed E-state index contributed by atoms with van der Waals surface area (Å²) in [6, 6.07) is 4.51. The van der Waals surface area contributed by atoms with Gasteiger partial charge in [-0.05, 0) is 48.4 Å². The van der Waals surface area contributed by atoms with Crippen LogP contribution < -0.4 is 10.1 Å². The third-order valence-electron chi connectivity index (χ3n) is 3.85. The molecule has 0 spiro atoms. The topological polar surface area (TPSA) is 41.5 Å². The summed E-state index contributed by atoms with van der Waals surface area (Å²) in [6.07, 6.45) is 3.35. The SMILES string of the molecule is COc1c(O)cc(C(C)(C)C)cc1CC1CCCN1. The highest BCUT2D eigenvalue weighted by molar-refractivity contribution is 5.50. The molecule has 3 nitrogen and oxygen atoms in total.